The molecule has 0 aromatic heterocycles. The van der Waals surface area contributed by atoms with Gasteiger partial charge in [0.1, 0.15) is 6.61 Å². The highest BCUT2D eigenvalue weighted by Gasteiger charge is 2.15. The number of aliphatic hydroxyl groups excluding tert-OH is 1. The van der Waals surface area contributed by atoms with Crippen molar-refractivity contribution in [1.29, 1.82) is 0 Å². The van der Waals surface area contributed by atoms with E-state index in [-0.39, 0.29) is 25.2 Å². The van der Waals surface area contributed by atoms with Crippen LogP contribution >= 0.6 is 0 Å². The summed E-state index contributed by atoms with van der Waals surface area (Å²) in [5.41, 5.74) is 0. The number of unbranched alkanes of at least 4 members (excludes halogenated alkanes) is 8. The molecule has 0 bridgehead atoms. The quantitative estimate of drug-likeness (QED) is 0.202. The number of rotatable bonds is 18. The number of hydrogen-bond donors (Lipinski definition) is 1. The van der Waals surface area contributed by atoms with E-state index < -0.39 is 6.10 Å². The molecule has 0 amide bonds. The lowest BCUT2D eigenvalue weighted by Gasteiger charge is -2.15. The van der Waals surface area contributed by atoms with Crippen LogP contribution in [0.25, 0.3) is 0 Å². The maximum atomic E-state index is 11.8. The molecule has 0 radical (unpaired) electrons. The van der Waals surface area contributed by atoms with E-state index in [1.165, 1.54) is 19.3 Å². The highest BCUT2D eigenvalue weighted by atomic mass is 16.6. The van der Waals surface area contributed by atoms with Gasteiger partial charge >= 0.3 is 11.9 Å². The van der Waals surface area contributed by atoms with E-state index in [9.17, 15) is 14.7 Å². The topological polar surface area (TPSA) is 72.8 Å². The van der Waals surface area contributed by atoms with E-state index in [0.717, 1.165) is 51.4 Å². The fraction of sp³-hybridized carbons (Fsp3) is 0.818. The Bertz CT molecular complexity index is 392. The van der Waals surface area contributed by atoms with E-state index in [4.69, 9.17) is 9.47 Å². The third-order valence-corrected chi connectivity index (χ3v) is 4.29. The van der Waals surface area contributed by atoms with Crippen LogP contribution in [0, 0.1) is 0 Å². The molecule has 0 rings (SSSR count). The minimum Gasteiger partial charge on any atom is -0.462 e. The minimum absolute atomic E-state index is 0.0707. The SMILES string of the molecule is CCC/C=C\CCCCCCCC(=O)OC(CO)COC(=O)CCCCC. The first-order valence-corrected chi connectivity index (χ1v) is 10.7. The van der Waals surface area contributed by atoms with Gasteiger partial charge in [-0.25, -0.2) is 0 Å². The molecule has 27 heavy (non-hydrogen) atoms. The Balaban J connectivity index is 3.66. The zero-order chi connectivity index (χ0) is 20.2. The van der Waals surface area contributed by atoms with Gasteiger partial charge < -0.3 is 14.6 Å². The lowest BCUT2D eigenvalue weighted by molar-refractivity contribution is -0.161. The number of allylic oxidation sites excluding steroid dienone is 2. The summed E-state index contributed by atoms with van der Waals surface area (Å²) in [5, 5.41) is 9.27. The monoisotopic (exact) mass is 384 g/mol. The van der Waals surface area contributed by atoms with E-state index in [1.807, 2.05) is 0 Å². The van der Waals surface area contributed by atoms with Gasteiger partial charge in [-0.05, 0) is 32.1 Å². The molecule has 0 aliphatic rings. The highest BCUT2D eigenvalue weighted by molar-refractivity contribution is 5.70. The number of esters is 2. The maximum Gasteiger partial charge on any atom is 0.306 e. The molecule has 0 saturated carbocycles. The van der Waals surface area contributed by atoms with Crippen LogP contribution < -0.4 is 0 Å². The van der Waals surface area contributed by atoms with Crippen LogP contribution in [-0.4, -0.2) is 36.4 Å². The summed E-state index contributed by atoms with van der Waals surface area (Å²) in [7, 11) is 0. The lowest BCUT2D eigenvalue weighted by atomic mass is 10.1. The first kappa shape index (κ1) is 25.6. The Labute approximate surface area is 165 Å². The highest BCUT2D eigenvalue weighted by Crippen LogP contribution is 2.09. The van der Waals surface area contributed by atoms with Crippen LogP contribution in [-0.2, 0) is 19.1 Å². The number of aliphatic hydroxyl groups is 1. The number of hydrogen-bond acceptors (Lipinski definition) is 5. The molecule has 0 aliphatic carbocycles. The molecule has 1 atom stereocenters. The summed E-state index contributed by atoms with van der Waals surface area (Å²) in [6.07, 6.45) is 16.1. The predicted molar refractivity (Wildman–Crippen MR) is 108 cm³/mol. The standard InChI is InChI=1S/C22H40O5/c1-3-5-7-8-9-10-11-12-13-15-17-22(25)27-20(18-23)19-26-21(24)16-14-6-4-2/h7-8,20,23H,3-6,9-19H2,1-2H3/b8-7-. The molecule has 5 nitrogen and oxygen atoms in total. The molecule has 5 heteroatoms. The van der Waals surface area contributed by atoms with Gasteiger partial charge in [0.15, 0.2) is 6.10 Å². The Hall–Kier alpha value is -1.36. The van der Waals surface area contributed by atoms with Crippen molar-refractivity contribution < 1.29 is 24.2 Å². The van der Waals surface area contributed by atoms with Gasteiger partial charge in [0.2, 0.25) is 0 Å². The van der Waals surface area contributed by atoms with E-state index >= 15 is 0 Å². The molecule has 0 aliphatic heterocycles. The van der Waals surface area contributed by atoms with Gasteiger partial charge in [-0.3, -0.25) is 9.59 Å². The van der Waals surface area contributed by atoms with Gasteiger partial charge in [-0.1, -0.05) is 64.5 Å². The van der Waals surface area contributed by atoms with Crippen LogP contribution in [0.3, 0.4) is 0 Å². The zero-order valence-electron chi connectivity index (χ0n) is 17.4. The van der Waals surface area contributed by atoms with E-state index in [1.54, 1.807) is 0 Å². The van der Waals surface area contributed by atoms with Gasteiger partial charge in [-0.2, -0.15) is 0 Å². The average Bonchev–Trinajstić information content (AvgIpc) is 2.66. The zero-order valence-corrected chi connectivity index (χ0v) is 17.4. The molecular weight excluding hydrogens is 344 g/mol. The molecule has 0 spiro atoms. The molecule has 0 saturated heterocycles. The van der Waals surface area contributed by atoms with E-state index in [2.05, 4.69) is 26.0 Å². The van der Waals surface area contributed by atoms with Crippen molar-refractivity contribution in [3.05, 3.63) is 12.2 Å². The molecule has 0 fully saturated rings. The van der Waals surface area contributed by atoms with Crippen molar-refractivity contribution in [2.24, 2.45) is 0 Å². The first-order valence-electron chi connectivity index (χ1n) is 10.7. The predicted octanol–water partition coefficient (Wildman–Crippen LogP) is 5.10. The minimum atomic E-state index is -0.762. The molecule has 158 valence electrons. The summed E-state index contributed by atoms with van der Waals surface area (Å²) in [4.78, 5) is 23.4. The van der Waals surface area contributed by atoms with E-state index in [0.29, 0.717) is 12.8 Å². The van der Waals surface area contributed by atoms with Gasteiger partial charge in [0.25, 0.3) is 0 Å². The van der Waals surface area contributed by atoms with Gasteiger partial charge in [-0.15, -0.1) is 0 Å². The summed E-state index contributed by atoms with van der Waals surface area (Å²) in [6, 6.07) is 0. The Morgan fingerprint density at radius 3 is 2.15 bits per heavy atom. The summed E-state index contributed by atoms with van der Waals surface area (Å²) in [6.45, 7) is 3.84. The molecule has 0 heterocycles. The van der Waals surface area contributed by atoms with Crippen molar-refractivity contribution in [2.75, 3.05) is 13.2 Å². The summed E-state index contributed by atoms with van der Waals surface area (Å²) in [5.74, 6) is -0.638. The normalized spacial score (nSPS) is 12.3. The third-order valence-electron chi connectivity index (χ3n) is 4.29. The fourth-order valence-corrected chi connectivity index (χ4v) is 2.61. The number of carbonyl (C=O) groups is 2. The van der Waals surface area contributed by atoms with Crippen molar-refractivity contribution in [3.63, 3.8) is 0 Å². The number of ether oxygens (including phenoxy) is 2. The van der Waals surface area contributed by atoms with Crippen molar-refractivity contribution in [1.82, 2.24) is 0 Å². The van der Waals surface area contributed by atoms with Gasteiger partial charge in [0.05, 0.1) is 6.61 Å². The Kier molecular flexibility index (Phi) is 18.4. The molecular formula is C22H40O5. The van der Waals surface area contributed by atoms with Crippen molar-refractivity contribution in [3.8, 4) is 0 Å². The summed E-state index contributed by atoms with van der Waals surface area (Å²) < 4.78 is 10.2. The summed E-state index contributed by atoms with van der Waals surface area (Å²) >= 11 is 0. The molecule has 0 aromatic rings. The second-order valence-electron chi connectivity index (χ2n) is 7.00. The van der Waals surface area contributed by atoms with Gasteiger partial charge in [0, 0.05) is 12.8 Å². The molecule has 1 unspecified atom stereocenters. The van der Waals surface area contributed by atoms with Crippen molar-refractivity contribution >= 4 is 11.9 Å². The second-order valence-corrected chi connectivity index (χ2v) is 7.00. The second kappa shape index (κ2) is 19.4. The smallest absolute Gasteiger partial charge is 0.306 e. The lowest BCUT2D eigenvalue weighted by Crippen LogP contribution is -2.28. The van der Waals surface area contributed by atoms with Crippen LogP contribution in [0.4, 0.5) is 0 Å². The maximum absolute atomic E-state index is 11.8. The molecule has 0 aromatic carbocycles. The van der Waals surface area contributed by atoms with Crippen LogP contribution in [0.15, 0.2) is 12.2 Å². The Morgan fingerprint density at radius 2 is 1.44 bits per heavy atom. The van der Waals surface area contributed by atoms with Crippen molar-refractivity contribution in [2.45, 2.75) is 103 Å². The molecule has 1 N–H and O–H groups in total. The fourth-order valence-electron chi connectivity index (χ4n) is 2.61. The van der Waals surface area contributed by atoms with Crippen LogP contribution in [0.5, 0.6) is 0 Å². The Morgan fingerprint density at radius 1 is 0.815 bits per heavy atom. The average molecular weight is 385 g/mol. The largest absolute Gasteiger partial charge is 0.462 e. The van der Waals surface area contributed by atoms with Crippen LogP contribution in [0.1, 0.15) is 97.3 Å². The number of carbonyl (C=O) groups excluding carboxylic acids is 2. The third kappa shape index (κ3) is 17.8. The van der Waals surface area contributed by atoms with Crippen LogP contribution in [0.2, 0.25) is 0 Å². The first-order chi connectivity index (χ1) is 13.1.